The Hall–Kier alpha value is -2.08. The van der Waals surface area contributed by atoms with Crippen molar-refractivity contribution in [2.24, 2.45) is 0 Å². The summed E-state index contributed by atoms with van der Waals surface area (Å²) >= 11 is 1.34. The van der Waals surface area contributed by atoms with Crippen molar-refractivity contribution in [3.63, 3.8) is 0 Å². The molecule has 0 saturated heterocycles. The van der Waals surface area contributed by atoms with Crippen LogP contribution in [0.25, 0.3) is 0 Å². The molecular formula is C12H13N3O2S. The monoisotopic (exact) mass is 263 g/mol. The minimum absolute atomic E-state index is 0.218. The summed E-state index contributed by atoms with van der Waals surface area (Å²) in [6, 6.07) is 5.08. The fourth-order valence-electron chi connectivity index (χ4n) is 1.47. The molecule has 1 aromatic heterocycles. The van der Waals surface area contributed by atoms with Crippen LogP contribution in [0.2, 0.25) is 0 Å². The van der Waals surface area contributed by atoms with Gasteiger partial charge in [0.2, 0.25) is 0 Å². The molecule has 0 radical (unpaired) electrons. The lowest BCUT2D eigenvalue weighted by atomic mass is 10.2. The van der Waals surface area contributed by atoms with Gasteiger partial charge in [0, 0.05) is 5.69 Å². The van der Waals surface area contributed by atoms with E-state index in [9.17, 15) is 4.79 Å². The van der Waals surface area contributed by atoms with E-state index in [2.05, 4.69) is 10.3 Å². The van der Waals surface area contributed by atoms with E-state index in [1.807, 2.05) is 6.92 Å². The fourth-order valence-corrected chi connectivity index (χ4v) is 2.15. The van der Waals surface area contributed by atoms with E-state index in [4.69, 9.17) is 10.5 Å². The summed E-state index contributed by atoms with van der Waals surface area (Å²) in [6.07, 6.45) is 1.55. The van der Waals surface area contributed by atoms with Gasteiger partial charge < -0.3 is 15.8 Å². The summed E-state index contributed by atoms with van der Waals surface area (Å²) in [6.45, 7) is 1.85. The van der Waals surface area contributed by atoms with E-state index in [1.54, 1.807) is 24.4 Å². The van der Waals surface area contributed by atoms with Gasteiger partial charge in [-0.25, -0.2) is 4.98 Å². The minimum Gasteiger partial charge on any atom is -0.495 e. The highest BCUT2D eigenvalue weighted by atomic mass is 32.1. The molecule has 18 heavy (non-hydrogen) atoms. The molecule has 0 bridgehead atoms. The van der Waals surface area contributed by atoms with Gasteiger partial charge in [-0.15, -0.1) is 11.3 Å². The number of nitrogen functional groups attached to an aromatic ring is 1. The molecule has 5 nitrogen and oxygen atoms in total. The van der Waals surface area contributed by atoms with E-state index >= 15 is 0 Å². The number of ether oxygens (including phenoxy) is 1. The Kier molecular flexibility index (Phi) is 3.47. The second kappa shape index (κ2) is 5.05. The molecule has 2 aromatic rings. The average Bonchev–Trinajstić information content (AvgIpc) is 2.76. The molecule has 3 N–H and O–H groups in total. The summed E-state index contributed by atoms with van der Waals surface area (Å²) in [5, 5.41) is 3.61. The van der Waals surface area contributed by atoms with Gasteiger partial charge in [-0.1, -0.05) is 0 Å². The van der Waals surface area contributed by atoms with Gasteiger partial charge in [0.15, 0.2) is 0 Å². The van der Waals surface area contributed by atoms with Gasteiger partial charge in [0.1, 0.15) is 10.6 Å². The number of benzene rings is 1. The van der Waals surface area contributed by atoms with Crippen molar-refractivity contribution in [2.45, 2.75) is 6.92 Å². The minimum atomic E-state index is -0.218. The Balaban J connectivity index is 2.23. The second-order valence-corrected chi connectivity index (χ2v) is 4.89. The molecule has 1 aromatic carbocycles. The van der Waals surface area contributed by atoms with E-state index in [-0.39, 0.29) is 5.91 Å². The van der Waals surface area contributed by atoms with E-state index in [0.717, 1.165) is 5.01 Å². The Morgan fingerprint density at radius 1 is 1.50 bits per heavy atom. The number of rotatable bonds is 3. The van der Waals surface area contributed by atoms with Crippen LogP contribution in [0.5, 0.6) is 5.75 Å². The summed E-state index contributed by atoms with van der Waals surface area (Å²) in [5.74, 6) is 0.350. The van der Waals surface area contributed by atoms with Crippen molar-refractivity contribution in [3.05, 3.63) is 34.3 Å². The lowest BCUT2D eigenvalue weighted by Crippen LogP contribution is -2.11. The zero-order chi connectivity index (χ0) is 13.1. The van der Waals surface area contributed by atoms with Crippen LogP contribution >= 0.6 is 11.3 Å². The molecule has 0 unspecified atom stereocenters. The number of hydrogen-bond donors (Lipinski definition) is 2. The van der Waals surface area contributed by atoms with E-state index in [0.29, 0.717) is 22.0 Å². The molecule has 0 atom stereocenters. The van der Waals surface area contributed by atoms with Gasteiger partial charge in [0.05, 0.1) is 24.0 Å². The predicted molar refractivity (Wildman–Crippen MR) is 72.2 cm³/mol. The number of aromatic nitrogens is 1. The molecule has 1 heterocycles. The van der Waals surface area contributed by atoms with Crippen molar-refractivity contribution >= 4 is 28.6 Å². The maximum atomic E-state index is 12.0. The molecule has 0 spiro atoms. The van der Waals surface area contributed by atoms with Crippen LogP contribution in [0.1, 0.15) is 14.7 Å². The normalized spacial score (nSPS) is 10.1. The molecule has 0 saturated carbocycles. The number of nitrogens with one attached hydrogen (secondary N) is 1. The first-order valence-corrected chi connectivity index (χ1v) is 6.09. The number of aryl methyl sites for hydroxylation is 1. The van der Waals surface area contributed by atoms with Crippen LogP contribution in [-0.2, 0) is 0 Å². The van der Waals surface area contributed by atoms with Crippen molar-refractivity contribution in [1.29, 1.82) is 0 Å². The zero-order valence-electron chi connectivity index (χ0n) is 10.1. The number of nitrogens with zero attached hydrogens (tertiary/aromatic N) is 1. The Morgan fingerprint density at radius 3 is 2.89 bits per heavy atom. The number of nitrogens with two attached hydrogens (primary N) is 1. The lowest BCUT2D eigenvalue weighted by Gasteiger charge is -2.09. The molecule has 1 amide bonds. The summed E-state index contributed by atoms with van der Waals surface area (Å²) in [5.41, 5.74) is 6.80. The van der Waals surface area contributed by atoms with Crippen LogP contribution in [0.15, 0.2) is 24.4 Å². The zero-order valence-corrected chi connectivity index (χ0v) is 10.9. The Bertz CT molecular complexity index is 580. The van der Waals surface area contributed by atoms with Crippen molar-refractivity contribution in [2.75, 3.05) is 18.2 Å². The third-order valence-electron chi connectivity index (χ3n) is 2.32. The molecule has 0 aliphatic carbocycles. The number of hydrogen-bond acceptors (Lipinski definition) is 5. The third kappa shape index (κ3) is 2.60. The summed E-state index contributed by atoms with van der Waals surface area (Å²) < 4.78 is 5.16. The predicted octanol–water partition coefficient (Wildman–Crippen LogP) is 2.29. The molecule has 0 fully saturated rings. The van der Waals surface area contributed by atoms with E-state index < -0.39 is 0 Å². The standard InChI is InChI=1S/C12H13N3O2S/c1-7-14-6-11(18-7)12(16)15-9-5-8(13)3-4-10(9)17-2/h3-6H,13H2,1-2H3,(H,15,16). The maximum Gasteiger partial charge on any atom is 0.267 e. The number of carbonyl (C=O) groups excluding carboxylic acids is 1. The SMILES string of the molecule is COc1ccc(N)cc1NC(=O)c1cnc(C)s1. The van der Waals surface area contributed by atoms with E-state index in [1.165, 1.54) is 18.4 Å². The first-order valence-electron chi connectivity index (χ1n) is 5.27. The fraction of sp³-hybridized carbons (Fsp3) is 0.167. The summed E-state index contributed by atoms with van der Waals surface area (Å²) in [4.78, 5) is 16.6. The highest BCUT2D eigenvalue weighted by Crippen LogP contribution is 2.27. The third-order valence-corrected chi connectivity index (χ3v) is 3.23. The van der Waals surface area contributed by atoms with Gasteiger partial charge in [-0.2, -0.15) is 0 Å². The number of thiazole rings is 1. The average molecular weight is 263 g/mol. The molecule has 6 heteroatoms. The number of carbonyl (C=O) groups is 1. The quantitative estimate of drug-likeness (QED) is 0.833. The van der Waals surface area contributed by atoms with Crippen molar-refractivity contribution in [3.8, 4) is 5.75 Å². The summed E-state index contributed by atoms with van der Waals surface area (Å²) in [7, 11) is 1.54. The maximum absolute atomic E-state index is 12.0. The first-order chi connectivity index (χ1) is 8.60. The molecule has 0 aliphatic heterocycles. The molecular weight excluding hydrogens is 250 g/mol. The number of amides is 1. The topological polar surface area (TPSA) is 77.2 Å². The van der Waals surface area contributed by atoms with Crippen molar-refractivity contribution < 1.29 is 9.53 Å². The number of methoxy groups -OCH3 is 1. The van der Waals surface area contributed by atoms with Gasteiger partial charge >= 0.3 is 0 Å². The molecule has 2 rings (SSSR count). The molecule has 94 valence electrons. The number of anilines is 2. The highest BCUT2D eigenvalue weighted by molar-refractivity contribution is 7.13. The lowest BCUT2D eigenvalue weighted by molar-refractivity contribution is 0.103. The van der Waals surface area contributed by atoms with Crippen LogP contribution in [0.3, 0.4) is 0 Å². The molecule has 0 aliphatic rings. The Labute approximate surface area is 109 Å². The van der Waals surface area contributed by atoms with Crippen LogP contribution in [0.4, 0.5) is 11.4 Å². The van der Waals surface area contributed by atoms with Gasteiger partial charge in [0.25, 0.3) is 5.91 Å². The van der Waals surface area contributed by atoms with Crippen LogP contribution < -0.4 is 15.8 Å². The van der Waals surface area contributed by atoms with Gasteiger partial charge in [-0.3, -0.25) is 4.79 Å². The van der Waals surface area contributed by atoms with Gasteiger partial charge in [-0.05, 0) is 25.1 Å². The van der Waals surface area contributed by atoms with Crippen LogP contribution in [0, 0.1) is 6.92 Å². The smallest absolute Gasteiger partial charge is 0.267 e. The van der Waals surface area contributed by atoms with Crippen molar-refractivity contribution in [1.82, 2.24) is 4.98 Å². The highest BCUT2D eigenvalue weighted by Gasteiger charge is 2.12. The first kappa shape index (κ1) is 12.4. The largest absolute Gasteiger partial charge is 0.495 e. The Morgan fingerprint density at radius 2 is 2.28 bits per heavy atom. The second-order valence-electron chi connectivity index (χ2n) is 3.66. The van der Waals surface area contributed by atoms with Crippen LogP contribution in [-0.4, -0.2) is 18.0 Å².